The van der Waals surface area contributed by atoms with Crippen molar-refractivity contribution in [2.75, 3.05) is 12.4 Å². The number of hydrogen-bond donors (Lipinski definition) is 3. The second-order valence-corrected chi connectivity index (χ2v) is 10.4. The fraction of sp³-hybridized carbons (Fsp3) is 0.652. The second-order valence-electron chi connectivity index (χ2n) is 10.0. The van der Waals surface area contributed by atoms with E-state index < -0.39 is 29.5 Å². The molecule has 2 unspecified atom stereocenters. The number of nitrogens with zero attached hydrogens (tertiary/aromatic N) is 3. The number of aromatic nitrogens is 2. The number of nitrogens with one attached hydrogen (secondary N) is 3. The molecule has 0 aromatic carbocycles. The molecule has 1 amide bonds. The first kappa shape index (κ1) is 29.6. The van der Waals surface area contributed by atoms with E-state index in [-0.39, 0.29) is 49.3 Å². The van der Waals surface area contributed by atoms with Crippen LogP contribution >= 0.6 is 11.6 Å². The molecule has 1 heterocycles. The maximum atomic E-state index is 14.7. The summed E-state index contributed by atoms with van der Waals surface area (Å²) in [6.07, 6.45) is 6.01. The number of carbonyl (C=O) groups excluding carboxylic acids is 1. The Bertz CT molecular complexity index is 959. The van der Waals surface area contributed by atoms with Crippen LogP contribution in [0.4, 0.5) is 10.1 Å². The molecule has 35 heavy (non-hydrogen) atoms. The van der Waals surface area contributed by atoms with E-state index in [1.807, 2.05) is 20.8 Å². The summed E-state index contributed by atoms with van der Waals surface area (Å²) in [5.41, 5.74) is 3.89. The van der Waals surface area contributed by atoms with Gasteiger partial charge in [0.15, 0.2) is 0 Å². The van der Waals surface area contributed by atoms with Gasteiger partial charge in [0.2, 0.25) is 5.90 Å². The molecule has 2 aliphatic carbocycles. The Hall–Kier alpha value is -1.61. The number of ether oxygens (including phenoxy) is 1. The first-order chi connectivity index (χ1) is 15.9. The molecule has 0 aliphatic heterocycles. The predicted molar refractivity (Wildman–Crippen MR) is 129 cm³/mol. The molecule has 0 radical (unpaired) electrons. The molecule has 2 saturated carbocycles. The summed E-state index contributed by atoms with van der Waals surface area (Å²) in [4.78, 5) is 19.1. The van der Waals surface area contributed by atoms with Gasteiger partial charge in [-0.25, -0.2) is 0 Å². The fourth-order valence-corrected chi connectivity index (χ4v) is 4.10. The van der Waals surface area contributed by atoms with Gasteiger partial charge < -0.3 is 20.4 Å². The van der Waals surface area contributed by atoms with Crippen LogP contribution in [-0.4, -0.2) is 45.5 Å². The Labute approximate surface area is 224 Å². The van der Waals surface area contributed by atoms with Crippen molar-refractivity contribution in [3.05, 3.63) is 29.3 Å². The first-order valence-corrected chi connectivity index (χ1v) is 11.8. The van der Waals surface area contributed by atoms with Crippen LogP contribution in [0.15, 0.2) is 17.8 Å². The summed E-state index contributed by atoms with van der Waals surface area (Å²) in [6.45, 7) is 7.32. The van der Waals surface area contributed by atoms with Crippen molar-refractivity contribution in [2.24, 2.45) is 17.8 Å². The van der Waals surface area contributed by atoms with E-state index in [2.05, 4.69) is 15.9 Å². The maximum Gasteiger partial charge on any atom is 0.256 e. The molecule has 0 spiro atoms. The van der Waals surface area contributed by atoms with Crippen LogP contribution < -0.4 is 5.32 Å². The zero-order valence-electron chi connectivity index (χ0n) is 20.6. The van der Waals surface area contributed by atoms with E-state index in [1.54, 1.807) is 6.92 Å². The van der Waals surface area contributed by atoms with Gasteiger partial charge in [0.1, 0.15) is 17.0 Å². The fourth-order valence-electron chi connectivity index (χ4n) is 3.98. The van der Waals surface area contributed by atoms with Crippen LogP contribution in [0.2, 0.25) is 0 Å². The first-order valence-electron chi connectivity index (χ1n) is 11.4. The quantitative estimate of drug-likeness (QED) is 0.169. The van der Waals surface area contributed by atoms with Crippen LogP contribution in [0.3, 0.4) is 0 Å². The molecule has 1 aromatic rings. The Morgan fingerprint density at radius 2 is 1.89 bits per heavy atom. The summed E-state index contributed by atoms with van der Waals surface area (Å²) >= 11 is 5.67. The summed E-state index contributed by atoms with van der Waals surface area (Å²) in [5, 5.41) is 21.6. The minimum absolute atomic E-state index is 0. The number of amides is 1. The van der Waals surface area contributed by atoms with Gasteiger partial charge in [0.25, 0.3) is 11.9 Å². The minimum Gasteiger partial charge on any atom is -0.529 e. The summed E-state index contributed by atoms with van der Waals surface area (Å²) < 4.78 is 20.9. The van der Waals surface area contributed by atoms with E-state index in [0.29, 0.717) is 11.8 Å². The number of hydrogen-bond acceptors (Lipinski definition) is 6. The molecule has 2 aliphatic rings. The number of anilines is 1. The third-order valence-electron chi connectivity index (χ3n) is 5.92. The molecule has 2 atom stereocenters. The van der Waals surface area contributed by atoms with Crippen LogP contribution in [0.1, 0.15) is 59.4 Å². The molecular formula is C23H33ClFN6O3W-. The Morgan fingerprint density at radius 3 is 2.34 bits per heavy atom. The monoisotopic (exact) mass is 679 g/mol. The van der Waals surface area contributed by atoms with Gasteiger partial charge >= 0.3 is 0 Å². The van der Waals surface area contributed by atoms with Gasteiger partial charge in [0, 0.05) is 26.6 Å². The molecule has 0 bridgehead atoms. The molecule has 2 fully saturated rings. The normalized spacial score (nSPS) is 18.0. The Kier molecular flexibility index (Phi) is 10.2. The van der Waals surface area contributed by atoms with E-state index in [0.717, 1.165) is 25.7 Å². The molecule has 9 nitrogen and oxygen atoms in total. The van der Waals surface area contributed by atoms with Gasteiger partial charge in [0.05, 0.1) is 19.3 Å². The summed E-state index contributed by atoms with van der Waals surface area (Å²) in [6, 6.07) is -0.680. The van der Waals surface area contributed by atoms with Crippen LogP contribution in [0, 0.1) is 34.5 Å². The van der Waals surface area contributed by atoms with Gasteiger partial charge in [-0.05, 0) is 56.4 Å². The van der Waals surface area contributed by atoms with Crippen LogP contribution in [-0.2, 0) is 35.4 Å². The summed E-state index contributed by atoms with van der Waals surface area (Å²) in [7, 11) is 1.31. The van der Waals surface area contributed by atoms with Gasteiger partial charge in [-0.2, -0.15) is 4.39 Å². The van der Waals surface area contributed by atoms with E-state index in [1.165, 1.54) is 24.1 Å². The minimum atomic E-state index is -0.870. The molecular weight excluding hydrogens is 647 g/mol. The molecule has 0 saturated heterocycles. The summed E-state index contributed by atoms with van der Waals surface area (Å²) in [5.74, 6) is -0.659. The Morgan fingerprint density at radius 1 is 1.31 bits per heavy atom. The molecule has 12 heteroatoms. The third kappa shape index (κ3) is 8.20. The zero-order valence-corrected chi connectivity index (χ0v) is 24.3. The van der Waals surface area contributed by atoms with Gasteiger partial charge in [-0.3, -0.25) is 20.3 Å². The van der Waals surface area contributed by atoms with Gasteiger partial charge in [-0.15, -0.1) is 10.6 Å². The zero-order chi connectivity index (χ0) is 25.2. The standard InChI is InChI=1S/C23H33ClFN6O3.W/c1-12(15(10-17(24)26)21(27)33-5)31-11-16(20(25)29-31)28-22(32)19(34-30-23(2,3)4)18(13-6-7-13)14-8-9-14;/h10-14,18-19,26-27H,6-9H2,1-5H3,(H,28,32);/q-1;/b15-10-,26-17?,27-21?;. The van der Waals surface area contributed by atoms with Crippen molar-refractivity contribution in [2.45, 2.75) is 71.1 Å². The predicted octanol–water partition coefficient (Wildman–Crippen LogP) is 5.19. The molecule has 3 N–H and O–H groups in total. The van der Waals surface area contributed by atoms with Crippen molar-refractivity contribution in [3.8, 4) is 0 Å². The smallest absolute Gasteiger partial charge is 0.256 e. The number of methoxy groups -OCH3 is 1. The van der Waals surface area contributed by atoms with Crippen LogP contribution in [0.5, 0.6) is 0 Å². The number of carbonyl (C=O) groups is 1. The van der Waals surface area contributed by atoms with Crippen molar-refractivity contribution >= 4 is 34.3 Å². The number of allylic oxidation sites excluding steroid dienone is 1. The second kappa shape index (κ2) is 12.1. The van der Waals surface area contributed by atoms with Gasteiger partial charge in [-0.1, -0.05) is 32.4 Å². The van der Waals surface area contributed by atoms with Crippen LogP contribution in [0.25, 0.3) is 5.48 Å². The number of halogens is 2. The van der Waals surface area contributed by atoms with Crippen molar-refractivity contribution in [3.63, 3.8) is 0 Å². The third-order valence-corrected chi connectivity index (χ3v) is 6.03. The SMILES string of the molecule is COC(=N)/C(=C\C(=N)Cl)C(C)n1cc(NC(=O)C(O[N-]C(C)(C)C)C(C2CC2)C2CC2)c(F)n1.[W]. The van der Waals surface area contributed by atoms with E-state index in [4.69, 9.17) is 32.0 Å². The molecule has 3 rings (SSSR count). The molecule has 194 valence electrons. The molecule has 1 aromatic heterocycles. The number of hydroxylamine groups is 1. The van der Waals surface area contributed by atoms with Crippen molar-refractivity contribution < 1.29 is 39.8 Å². The van der Waals surface area contributed by atoms with Crippen molar-refractivity contribution in [1.82, 2.24) is 9.78 Å². The topological polar surface area (TPSA) is 127 Å². The largest absolute Gasteiger partial charge is 0.529 e. The van der Waals surface area contributed by atoms with E-state index >= 15 is 0 Å². The Balaban J connectivity index is 0.00000432. The number of rotatable bonds is 11. The average Bonchev–Trinajstić information content (AvgIpc) is 3.67. The average molecular weight is 680 g/mol. The van der Waals surface area contributed by atoms with Crippen molar-refractivity contribution in [1.29, 1.82) is 10.8 Å². The van der Waals surface area contributed by atoms with E-state index in [9.17, 15) is 9.18 Å². The maximum absolute atomic E-state index is 14.7.